The van der Waals surface area contributed by atoms with Crippen LogP contribution in [0.3, 0.4) is 0 Å². The Labute approximate surface area is 191 Å². The van der Waals surface area contributed by atoms with E-state index < -0.39 is 6.17 Å². The molecule has 0 bridgehead atoms. The predicted octanol–water partition coefficient (Wildman–Crippen LogP) is 3.33. The zero-order chi connectivity index (χ0) is 21.4. The van der Waals surface area contributed by atoms with Gasteiger partial charge in [-0.2, -0.15) is 0 Å². The first-order valence-electron chi connectivity index (χ1n) is 12.7. The molecule has 5 rings (SSSR count). The van der Waals surface area contributed by atoms with Crippen molar-refractivity contribution in [2.75, 3.05) is 31.9 Å². The predicted molar refractivity (Wildman–Crippen MR) is 123 cm³/mol. The van der Waals surface area contributed by atoms with Gasteiger partial charge in [-0.05, 0) is 63.3 Å². The minimum absolute atomic E-state index is 0.000921. The SMILES string of the molecule is CC1CCC(C2CSC(CN3CCC[C@]4(CNC(=O)C5CC(F)CCC5O4)C3)N2)CC1. The topological polar surface area (TPSA) is 53.6 Å². The lowest BCUT2D eigenvalue weighted by Crippen LogP contribution is -2.57. The first-order chi connectivity index (χ1) is 15.0. The summed E-state index contributed by atoms with van der Waals surface area (Å²) in [5, 5.41) is 7.56. The number of hydrogen-bond donors (Lipinski definition) is 2. The Morgan fingerprint density at radius 2 is 2.06 bits per heavy atom. The lowest BCUT2D eigenvalue weighted by atomic mass is 9.80. The number of thioether (sulfide) groups is 1. The largest absolute Gasteiger partial charge is 0.368 e. The van der Waals surface area contributed by atoms with Crippen molar-refractivity contribution in [3.63, 3.8) is 0 Å². The molecule has 5 fully saturated rings. The molecule has 3 aliphatic heterocycles. The number of nitrogens with one attached hydrogen (secondary N) is 2. The smallest absolute Gasteiger partial charge is 0.225 e. The number of amides is 1. The fraction of sp³-hybridized carbons (Fsp3) is 0.958. The molecule has 31 heavy (non-hydrogen) atoms. The third-order valence-corrected chi connectivity index (χ3v) is 9.83. The highest BCUT2D eigenvalue weighted by Crippen LogP contribution is 2.38. The van der Waals surface area contributed by atoms with E-state index in [1.165, 1.54) is 31.4 Å². The van der Waals surface area contributed by atoms with Crippen LogP contribution < -0.4 is 10.6 Å². The van der Waals surface area contributed by atoms with Crippen LogP contribution in [0.25, 0.3) is 0 Å². The van der Waals surface area contributed by atoms with Crippen LogP contribution in [-0.2, 0) is 9.53 Å². The maximum Gasteiger partial charge on any atom is 0.225 e. The van der Waals surface area contributed by atoms with Crippen LogP contribution in [0.15, 0.2) is 0 Å². The van der Waals surface area contributed by atoms with E-state index in [4.69, 9.17) is 4.74 Å². The Hall–Kier alpha value is -0.370. The summed E-state index contributed by atoms with van der Waals surface area (Å²) in [7, 11) is 0. The van der Waals surface area contributed by atoms with Crippen molar-refractivity contribution < 1.29 is 13.9 Å². The third-order valence-electron chi connectivity index (χ3n) is 8.59. The van der Waals surface area contributed by atoms with Crippen molar-refractivity contribution >= 4 is 17.7 Å². The van der Waals surface area contributed by atoms with E-state index in [1.807, 2.05) is 0 Å². The number of halogens is 1. The van der Waals surface area contributed by atoms with Gasteiger partial charge in [0.1, 0.15) is 6.17 Å². The van der Waals surface area contributed by atoms with Gasteiger partial charge in [-0.1, -0.05) is 19.8 Å². The summed E-state index contributed by atoms with van der Waals surface area (Å²) in [6.07, 6.45) is 8.16. The van der Waals surface area contributed by atoms with E-state index in [0.29, 0.717) is 37.2 Å². The zero-order valence-corrected chi connectivity index (χ0v) is 19.8. The van der Waals surface area contributed by atoms with E-state index in [1.54, 1.807) is 0 Å². The van der Waals surface area contributed by atoms with Crippen LogP contribution in [0.1, 0.15) is 64.7 Å². The number of carbonyl (C=O) groups excluding carboxylic acids is 1. The summed E-state index contributed by atoms with van der Waals surface area (Å²) >= 11 is 2.09. The van der Waals surface area contributed by atoms with Crippen molar-refractivity contribution in [2.45, 2.75) is 94.0 Å². The molecule has 5 unspecified atom stereocenters. The van der Waals surface area contributed by atoms with Gasteiger partial charge >= 0.3 is 0 Å². The highest BCUT2D eigenvalue weighted by Gasteiger charge is 2.47. The van der Waals surface area contributed by atoms with Gasteiger partial charge in [0, 0.05) is 31.4 Å². The number of piperidine rings is 1. The molecule has 2 N–H and O–H groups in total. The van der Waals surface area contributed by atoms with Crippen molar-refractivity contribution in [1.82, 2.24) is 15.5 Å². The Bertz CT molecular complexity index is 646. The lowest BCUT2D eigenvalue weighted by Gasteiger charge is -2.45. The van der Waals surface area contributed by atoms with Crippen LogP contribution in [0.4, 0.5) is 4.39 Å². The van der Waals surface area contributed by atoms with Gasteiger partial charge in [0.05, 0.1) is 23.0 Å². The molecule has 0 radical (unpaired) electrons. The fourth-order valence-electron chi connectivity index (χ4n) is 6.69. The van der Waals surface area contributed by atoms with E-state index in [-0.39, 0.29) is 23.5 Å². The molecular formula is C24H40FN3O2S. The number of fused-ring (bicyclic) bond motifs is 1. The van der Waals surface area contributed by atoms with Crippen LogP contribution in [-0.4, -0.2) is 72.0 Å². The molecule has 2 saturated carbocycles. The molecule has 176 valence electrons. The first kappa shape index (κ1) is 22.4. The molecule has 6 atom stereocenters. The van der Waals surface area contributed by atoms with Gasteiger partial charge in [0.25, 0.3) is 0 Å². The van der Waals surface area contributed by atoms with Crippen molar-refractivity contribution in [2.24, 2.45) is 17.8 Å². The van der Waals surface area contributed by atoms with E-state index in [2.05, 4.69) is 34.2 Å². The summed E-state index contributed by atoms with van der Waals surface area (Å²) in [4.78, 5) is 15.2. The first-order valence-corrected chi connectivity index (χ1v) is 13.7. The van der Waals surface area contributed by atoms with Crippen LogP contribution in [0.5, 0.6) is 0 Å². The molecule has 7 heteroatoms. The summed E-state index contributed by atoms with van der Waals surface area (Å²) in [6, 6.07) is 0.673. The van der Waals surface area contributed by atoms with Gasteiger partial charge in [-0.25, -0.2) is 4.39 Å². The number of carbonyl (C=O) groups is 1. The van der Waals surface area contributed by atoms with Crippen LogP contribution in [0.2, 0.25) is 0 Å². The minimum Gasteiger partial charge on any atom is -0.368 e. The second-order valence-electron chi connectivity index (χ2n) is 11.0. The highest BCUT2D eigenvalue weighted by atomic mass is 32.2. The van der Waals surface area contributed by atoms with Crippen molar-refractivity contribution in [1.29, 1.82) is 0 Å². The summed E-state index contributed by atoms with van der Waals surface area (Å²) in [5.41, 5.74) is -0.307. The Morgan fingerprint density at radius 3 is 2.90 bits per heavy atom. The lowest BCUT2D eigenvalue weighted by molar-refractivity contribution is -0.149. The van der Waals surface area contributed by atoms with Crippen LogP contribution >= 0.6 is 11.8 Å². The Kier molecular flexibility index (Phi) is 6.85. The normalized spacial score (nSPS) is 47.0. The summed E-state index contributed by atoms with van der Waals surface area (Å²) in [5.74, 6) is 2.68. The fourth-order valence-corrected chi connectivity index (χ4v) is 8.09. The summed E-state index contributed by atoms with van der Waals surface area (Å²) in [6.45, 7) is 5.99. The molecule has 1 spiro atoms. The van der Waals surface area contributed by atoms with E-state index in [0.717, 1.165) is 44.3 Å². The Morgan fingerprint density at radius 1 is 1.23 bits per heavy atom. The average Bonchev–Trinajstić information content (AvgIpc) is 3.18. The molecule has 0 aromatic rings. The van der Waals surface area contributed by atoms with Crippen molar-refractivity contribution in [3.05, 3.63) is 0 Å². The Balaban J connectivity index is 1.17. The van der Waals surface area contributed by atoms with Gasteiger partial charge in [0.15, 0.2) is 0 Å². The van der Waals surface area contributed by atoms with E-state index >= 15 is 0 Å². The maximum atomic E-state index is 13.9. The minimum atomic E-state index is -0.863. The highest BCUT2D eigenvalue weighted by molar-refractivity contribution is 8.00. The molecule has 5 aliphatic rings. The molecule has 3 heterocycles. The number of hydrogen-bond acceptors (Lipinski definition) is 5. The number of ether oxygens (including phenoxy) is 1. The molecule has 0 aromatic carbocycles. The average molecular weight is 454 g/mol. The summed E-state index contributed by atoms with van der Waals surface area (Å²) < 4.78 is 20.6. The third kappa shape index (κ3) is 5.10. The van der Waals surface area contributed by atoms with Gasteiger partial charge < -0.3 is 15.4 Å². The van der Waals surface area contributed by atoms with E-state index in [9.17, 15) is 9.18 Å². The quantitative estimate of drug-likeness (QED) is 0.687. The number of nitrogens with zero attached hydrogens (tertiary/aromatic N) is 1. The standard InChI is InChI=1S/C24H40FN3O2S/c1-16-3-5-17(6-4-16)20-13-31-22(27-20)12-28-10-2-9-24(15-28)14-26-23(29)19-11-18(25)7-8-21(19)30-24/h16-22,27H,2-15H2,1H3,(H,26,29)/t16?,17?,18?,19?,20?,21?,22?,24-/m0/s1. The molecule has 0 aromatic heterocycles. The van der Waals surface area contributed by atoms with Gasteiger partial charge in [-0.3, -0.25) is 9.69 Å². The maximum absolute atomic E-state index is 13.9. The number of rotatable bonds is 3. The number of alkyl halides is 1. The van der Waals surface area contributed by atoms with Crippen LogP contribution in [0, 0.1) is 17.8 Å². The number of likely N-dealkylation sites (tertiary alicyclic amines) is 1. The zero-order valence-electron chi connectivity index (χ0n) is 19.0. The second kappa shape index (κ2) is 9.47. The monoisotopic (exact) mass is 453 g/mol. The van der Waals surface area contributed by atoms with Gasteiger partial charge in [-0.15, -0.1) is 11.8 Å². The molecule has 1 amide bonds. The molecule has 5 nitrogen and oxygen atoms in total. The van der Waals surface area contributed by atoms with Crippen molar-refractivity contribution in [3.8, 4) is 0 Å². The molecule has 3 saturated heterocycles. The molecule has 2 aliphatic carbocycles. The van der Waals surface area contributed by atoms with Gasteiger partial charge in [0.2, 0.25) is 5.91 Å². The second-order valence-corrected chi connectivity index (χ2v) is 12.3. The molecular weight excluding hydrogens is 413 g/mol.